The molecule has 8 atom stereocenters. The number of phenols is 1. The van der Waals surface area contributed by atoms with Crippen LogP contribution in [-0.4, -0.2) is 104 Å². The first-order valence-corrected chi connectivity index (χ1v) is 20.6. The Labute approximate surface area is 341 Å². The number of aryl methyl sites for hydroxylation is 1. The van der Waals surface area contributed by atoms with Crippen molar-refractivity contribution in [1.82, 2.24) is 5.32 Å². The van der Waals surface area contributed by atoms with Crippen LogP contribution >= 0.6 is 0 Å². The number of phenolic OH excluding ortho intramolecular Hbond substituents is 1. The number of fused-ring (bicyclic) bond motifs is 3. The van der Waals surface area contributed by atoms with Crippen molar-refractivity contribution in [1.29, 1.82) is 0 Å². The van der Waals surface area contributed by atoms with E-state index in [9.17, 15) is 40.2 Å². The summed E-state index contributed by atoms with van der Waals surface area (Å²) >= 11 is 0. The van der Waals surface area contributed by atoms with E-state index in [1.165, 1.54) is 30.3 Å². The summed E-state index contributed by atoms with van der Waals surface area (Å²) in [6, 6.07) is 9.07. The summed E-state index contributed by atoms with van der Waals surface area (Å²) < 4.78 is 13.5. The third-order valence-electron chi connectivity index (χ3n) is 13.3. The molecular formula is C44H54N3O12+. The van der Waals surface area contributed by atoms with Gasteiger partial charge in [-0.25, -0.2) is 9.78 Å². The molecule has 3 aromatic rings. The summed E-state index contributed by atoms with van der Waals surface area (Å²) in [4.78, 5) is 44.4. The fourth-order valence-corrected chi connectivity index (χ4v) is 9.80. The second-order valence-electron chi connectivity index (χ2n) is 17.3. The number of carbonyl (C=O) groups is 1. The summed E-state index contributed by atoms with van der Waals surface area (Å²) in [6.45, 7) is 3.14. The molecule has 15 heteroatoms. The fraction of sp³-hybridized carbons (Fsp3) is 0.523. The van der Waals surface area contributed by atoms with E-state index in [1.807, 2.05) is 19.2 Å². The standard InChI is InChI=1S/C44H53N3O12/c1-25-16-33(50)31-17-28-18-35(59-56-24-44(55,40(53)37(52)34(51)23-48)19-26-6-8-30(49)9-7-26)42(2,14-10-29-20-46-41(54)43(29)12-4-3-5-13-43)58-38(28)36(39(31)57-25)47-21-27-11-15-45-32(27)22-47/h6-9,11,15-17,21,29,34-35,37,40,48-49,51-53,55H,3-5,10,12-14,18-20,22-24H2,1-2H3,(H,46,54)/p+1/t29-,34+,35+,37+,40-,42+,44-/m0/s1. The maximum atomic E-state index is 13.6. The van der Waals surface area contributed by atoms with E-state index < -0.39 is 54.2 Å². The molecule has 15 nitrogen and oxygen atoms in total. The first-order chi connectivity index (χ1) is 28.2. The van der Waals surface area contributed by atoms with Crippen LogP contribution in [0.25, 0.3) is 11.0 Å². The average Bonchev–Trinajstić information content (AvgIpc) is 3.91. The van der Waals surface area contributed by atoms with Gasteiger partial charge < -0.3 is 45.1 Å². The molecule has 0 radical (unpaired) electrons. The maximum Gasteiger partial charge on any atom is 0.226 e. The molecule has 2 fully saturated rings. The van der Waals surface area contributed by atoms with Gasteiger partial charge in [0.2, 0.25) is 17.2 Å². The molecule has 4 aliphatic heterocycles. The van der Waals surface area contributed by atoms with Crippen molar-refractivity contribution in [3.05, 3.63) is 87.6 Å². The summed E-state index contributed by atoms with van der Waals surface area (Å²) in [5, 5.41) is 67.0. The first-order valence-electron chi connectivity index (χ1n) is 20.6. The molecule has 1 aliphatic carbocycles. The van der Waals surface area contributed by atoms with Crippen LogP contribution in [0.2, 0.25) is 0 Å². The second-order valence-corrected chi connectivity index (χ2v) is 17.3. The molecule has 5 heterocycles. The molecule has 1 amide bonds. The van der Waals surface area contributed by atoms with Gasteiger partial charge in [0, 0.05) is 37.2 Å². The van der Waals surface area contributed by atoms with Crippen molar-refractivity contribution in [3.8, 4) is 11.5 Å². The Bertz CT molecular complexity index is 2230. The van der Waals surface area contributed by atoms with E-state index in [-0.39, 0.29) is 35.8 Å². The zero-order valence-corrected chi connectivity index (χ0v) is 33.4. The number of hydrogen-bond acceptors (Lipinski definition) is 13. The van der Waals surface area contributed by atoms with Gasteiger partial charge in [0.05, 0.1) is 23.0 Å². The van der Waals surface area contributed by atoms with Crippen molar-refractivity contribution >= 4 is 28.3 Å². The highest BCUT2D eigenvalue weighted by Crippen LogP contribution is 2.50. The fourth-order valence-electron chi connectivity index (χ4n) is 9.80. The molecule has 8 rings (SSSR count). The zero-order valence-electron chi connectivity index (χ0n) is 33.4. The quantitative estimate of drug-likeness (QED) is 0.0861. The van der Waals surface area contributed by atoms with E-state index in [1.54, 1.807) is 19.2 Å². The lowest BCUT2D eigenvalue weighted by Crippen LogP contribution is -3.01. The number of aliphatic imine (C=N–C) groups is 1. The third kappa shape index (κ3) is 7.74. The number of aromatic hydroxyl groups is 1. The van der Waals surface area contributed by atoms with Crippen LogP contribution in [0.4, 0.5) is 5.69 Å². The number of aliphatic hydroxyl groups is 5. The number of quaternary nitrogens is 1. The summed E-state index contributed by atoms with van der Waals surface area (Å²) in [5.74, 6) is 1.13. The number of nitrogens with zero attached hydrogens (tertiary/aromatic N) is 1. The maximum absolute atomic E-state index is 13.6. The van der Waals surface area contributed by atoms with E-state index in [2.05, 4.69) is 10.3 Å². The lowest BCUT2D eigenvalue weighted by molar-refractivity contribution is -0.759. The molecule has 1 spiro atoms. The molecule has 1 saturated heterocycles. The number of aliphatic hydroxyl groups excluding tert-OH is 4. The molecule has 316 valence electrons. The minimum atomic E-state index is -2.26. The van der Waals surface area contributed by atoms with Gasteiger partial charge in [-0.2, -0.15) is 0 Å². The van der Waals surface area contributed by atoms with Gasteiger partial charge in [0.15, 0.2) is 11.2 Å². The van der Waals surface area contributed by atoms with Gasteiger partial charge in [-0.15, -0.1) is 0 Å². The van der Waals surface area contributed by atoms with Gasteiger partial charge in [-0.1, -0.05) is 31.4 Å². The highest BCUT2D eigenvalue weighted by Gasteiger charge is 2.53. The number of allylic oxidation sites excluding steroid dienone is 1. The van der Waals surface area contributed by atoms with E-state index in [0.717, 1.165) is 48.3 Å². The Morgan fingerprint density at radius 1 is 1.10 bits per heavy atom. The highest BCUT2D eigenvalue weighted by molar-refractivity contribution is 6.07. The monoisotopic (exact) mass is 816 g/mol. The normalized spacial score (nSPS) is 27.0. The highest BCUT2D eigenvalue weighted by atomic mass is 17.2. The van der Waals surface area contributed by atoms with Crippen LogP contribution in [0.1, 0.15) is 68.8 Å². The van der Waals surface area contributed by atoms with Crippen LogP contribution in [-0.2, 0) is 27.4 Å². The Balaban J connectivity index is 1.15. The predicted octanol–water partition coefficient (Wildman–Crippen LogP) is 1.73. The van der Waals surface area contributed by atoms with Crippen LogP contribution < -0.4 is 20.4 Å². The largest absolute Gasteiger partial charge is 0.508 e. The second kappa shape index (κ2) is 16.2. The molecule has 5 aliphatic rings. The topological polar surface area (TPSA) is 225 Å². The van der Waals surface area contributed by atoms with Crippen molar-refractivity contribution in [2.45, 2.75) is 107 Å². The zero-order chi connectivity index (χ0) is 41.7. The number of nitrogens with one attached hydrogen (secondary N) is 2. The van der Waals surface area contributed by atoms with Gasteiger partial charge in [-0.05, 0) is 75.3 Å². The van der Waals surface area contributed by atoms with Crippen molar-refractivity contribution in [2.75, 3.05) is 26.3 Å². The molecule has 0 bridgehead atoms. The Kier molecular flexibility index (Phi) is 11.3. The van der Waals surface area contributed by atoms with E-state index in [0.29, 0.717) is 65.2 Å². The Morgan fingerprint density at radius 2 is 1.86 bits per heavy atom. The Morgan fingerprint density at radius 3 is 2.59 bits per heavy atom. The van der Waals surface area contributed by atoms with E-state index in [4.69, 9.17) is 18.9 Å². The van der Waals surface area contributed by atoms with Gasteiger partial charge in [0.1, 0.15) is 72.2 Å². The van der Waals surface area contributed by atoms with Crippen LogP contribution in [0.15, 0.2) is 74.7 Å². The lowest BCUT2D eigenvalue weighted by atomic mass is 9.65. The van der Waals surface area contributed by atoms with Gasteiger partial charge in [0.25, 0.3) is 0 Å². The molecule has 1 unspecified atom stereocenters. The van der Waals surface area contributed by atoms with Crippen LogP contribution in [0.3, 0.4) is 0 Å². The molecule has 59 heavy (non-hydrogen) atoms. The summed E-state index contributed by atoms with van der Waals surface area (Å²) in [7, 11) is 0. The van der Waals surface area contributed by atoms with Crippen molar-refractivity contribution in [3.63, 3.8) is 0 Å². The first kappa shape index (κ1) is 41.3. The number of amides is 1. The Hall–Kier alpha value is -4.45. The molecule has 1 saturated carbocycles. The molecule has 1 aromatic heterocycles. The number of ether oxygens (including phenoxy) is 1. The number of rotatable bonds is 14. The molecule has 8 N–H and O–H groups in total. The lowest BCUT2D eigenvalue weighted by Gasteiger charge is -2.44. The predicted molar refractivity (Wildman–Crippen MR) is 214 cm³/mol. The smallest absolute Gasteiger partial charge is 0.226 e. The minimum absolute atomic E-state index is 0.0163. The number of benzene rings is 2. The number of carbonyl (C=O) groups excluding carboxylic acids is 1. The van der Waals surface area contributed by atoms with Crippen molar-refractivity contribution < 1.29 is 59.3 Å². The summed E-state index contributed by atoms with van der Waals surface area (Å²) in [5.41, 5.74) is 0.0419. The summed E-state index contributed by atoms with van der Waals surface area (Å²) in [6.07, 6.45) is 4.84. The van der Waals surface area contributed by atoms with Crippen LogP contribution in [0, 0.1) is 18.3 Å². The van der Waals surface area contributed by atoms with E-state index >= 15 is 0 Å². The van der Waals surface area contributed by atoms with Gasteiger partial charge >= 0.3 is 0 Å². The molecular weight excluding hydrogens is 762 g/mol. The van der Waals surface area contributed by atoms with Gasteiger partial charge in [-0.3, -0.25) is 19.5 Å². The average molecular weight is 817 g/mol. The minimum Gasteiger partial charge on any atom is -0.508 e. The van der Waals surface area contributed by atoms with Crippen molar-refractivity contribution in [2.24, 2.45) is 16.3 Å². The number of hydrogen-bond donors (Lipinski definition) is 8. The third-order valence-corrected chi connectivity index (χ3v) is 13.3. The SMILES string of the molecule is Cc1cc(=O)c2cc3c(c([NH+]4C=C5C=CN=C5C4)c2o1)O[C@](C)(CC[C@H]1CNC(=O)C12CCCCC2)[C@H](OOC[C@@](O)(Cc1ccc(O)cc1)[C@@H](O)[C@H](O)[C@H](O)CO)C3. The van der Waals surface area contributed by atoms with Crippen LogP contribution in [0.5, 0.6) is 11.5 Å². The molecule has 2 aromatic carbocycles.